The van der Waals surface area contributed by atoms with Crippen LogP contribution in [0.2, 0.25) is 0 Å². The Bertz CT molecular complexity index is 2060. The highest BCUT2D eigenvalue weighted by Gasteiger charge is 2.33. The predicted molar refractivity (Wildman–Crippen MR) is 207 cm³/mol. The van der Waals surface area contributed by atoms with Crippen molar-refractivity contribution in [3.05, 3.63) is 72.1 Å². The van der Waals surface area contributed by atoms with E-state index in [0.29, 0.717) is 17.5 Å². The fourth-order valence-electron chi connectivity index (χ4n) is 6.27. The SMILES string of the molecule is CC[C@H](C)[C@H](NC(=O)[C@H](Cc1c[nH]c2ccccc12)NC(=O)CNC(=O)[C@@H](NC(=O)[C@H](Cc1c[nH]c2ccccc12)NC(=O)[C@@H](N)CC(=O)O)C(C)C)C(=O)O. The number of H-pyrrole nitrogens is 2. The molecule has 17 nitrogen and oxygen atoms in total. The van der Waals surface area contributed by atoms with Crippen molar-refractivity contribution >= 4 is 63.3 Å². The first-order chi connectivity index (χ1) is 26.6. The molecule has 0 bridgehead atoms. The summed E-state index contributed by atoms with van der Waals surface area (Å²) in [6, 6.07) is 8.32. The molecule has 300 valence electrons. The van der Waals surface area contributed by atoms with E-state index in [2.05, 4.69) is 36.6 Å². The summed E-state index contributed by atoms with van der Waals surface area (Å²) in [4.78, 5) is 96.4. The van der Waals surface area contributed by atoms with Crippen molar-refractivity contribution in [2.45, 2.75) is 83.6 Å². The molecule has 0 fully saturated rings. The van der Waals surface area contributed by atoms with Crippen LogP contribution in [-0.2, 0) is 46.4 Å². The van der Waals surface area contributed by atoms with Crippen LogP contribution >= 0.6 is 0 Å². The normalized spacial score (nSPS) is 14.5. The van der Waals surface area contributed by atoms with Gasteiger partial charge in [-0.2, -0.15) is 0 Å². The molecule has 0 radical (unpaired) electrons. The van der Waals surface area contributed by atoms with Gasteiger partial charge in [-0.05, 0) is 35.1 Å². The molecule has 0 unspecified atom stereocenters. The topological polar surface area (TPSA) is 278 Å². The van der Waals surface area contributed by atoms with Gasteiger partial charge in [0.25, 0.3) is 0 Å². The van der Waals surface area contributed by atoms with Crippen LogP contribution in [0, 0.1) is 11.8 Å². The molecule has 0 spiro atoms. The van der Waals surface area contributed by atoms with Crippen LogP contribution in [-0.4, -0.2) is 98.4 Å². The van der Waals surface area contributed by atoms with E-state index in [1.54, 1.807) is 40.1 Å². The highest BCUT2D eigenvalue weighted by Crippen LogP contribution is 2.21. The Morgan fingerprint density at radius 3 is 1.66 bits per heavy atom. The molecule has 5 amide bonds. The van der Waals surface area contributed by atoms with Gasteiger partial charge in [0.15, 0.2) is 0 Å². The third-order valence-electron chi connectivity index (χ3n) is 9.66. The number of nitrogens with two attached hydrogens (primary N) is 1. The number of aromatic nitrogens is 2. The maximum atomic E-state index is 13.8. The third-order valence-corrected chi connectivity index (χ3v) is 9.66. The van der Waals surface area contributed by atoms with Crippen molar-refractivity contribution in [3.63, 3.8) is 0 Å². The fourth-order valence-corrected chi connectivity index (χ4v) is 6.27. The number of amides is 5. The van der Waals surface area contributed by atoms with E-state index in [1.165, 1.54) is 0 Å². The highest BCUT2D eigenvalue weighted by molar-refractivity contribution is 5.97. The lowest BCUT2D eigenvalue weighted by molar-refractivity contribution is -0.143. The zero-order valence-electron chi connectivity index (χ0n) is 31.7. The van der Waals surface area contributed by atoms with Gasteiger partial charge < -0.3 is 52.5 Å². The molecule has 2 aromatic carbocycles. The molecule has 11 N–H and O–H groups in total. The standard InChI is InChI=1S/C39H50N8O9/c1-5-21(4)34(39(55)56)47-36(52)29(14-22-17-41-27-12-8-6-10-24(22)27)44-31(48)19-43-38(54)33(20(2)3)46-37(53)30(45-35(51)26(40)16-32(49)50)15-23-18-42-28-13-9-7-11-25(23)28/h6-13,17-18,20-21,26,29-30,33-34,41-42H,5,14-16,19,40H2,1-4H3,(H,43,54)(H,44,48)(H,45,51)(H,46,53)(H,47,52)(H,49,50)(H,55,56)/t21-,26-,29-,30-,33-,34-/m0/s1. The van der Waals surface area contributed by atoms with Gasteiger partial charge in [-0.1, -0.05) is 70.5 Å². The summed E-state index contributed by atoms with van der Waals surface area (Å²) in [5, 5.41) is 33.4. The molecule has 6 atom stereocenters. The first-order valence-corrected chi connectivity index (χ1v) is 18.4. The van der Waals surface area contributed by atoms with Gasteiger partial charge in [0.05, 0.1) is 19.0 Å². The molecule has 0 aliphatic heterocycles. The van der Waals surface area contributed by atoms with Crippen molar-refractivity contribution in [2.75, 3.05) is 6.54 Å². The zero-order chi connectivity index (χ0) is 41.1. The molecule has 0 aliphatic rings. The number of rotatable bonds is 20. The lowest BCUT2D eigenvalue weighted by atomic mass is 9.98. The van der Waals surface area contributed by atoms with Crippen molar-refractivity contribution in [3.8, 4) is 0 Å². The van der Waals surface area contributed by atoms with Crippen LogP contribution in [0.25, 0.3) is 21.8 Å². The summed E-state index contributed by atoms with van der Waals surface area (Å²) in [7, 11) is 0. The van der Waals surface area contributed by atoms with Gasteiger partial charge >= 0.3 is 11.9 Å². The van der Waals surface area contributed by atoms with E-state index in [0.717, 1.165) is 21.8 Å². The predicted octanol–water partition coefficient (Wildman–Crippen LogP) is 1.08. The van der Waals surface area contributed by atoms with E-state index >= 15 is 0 Å². The Kier molecular flexibility index (Phi) is 14.7. The number of carboxylic acid groups (broad SMARTS) is 2. The largest absolute Gasteiger partial charge is 0.481 e. The summed E-state index contributed by atoms with van der Waals surface area (Å²) in [5.41, 5.74) is 8.73. The van der Waals surface area contributed by atoms with Crippen molar-refractivity contribution in [2.24, 2.45) is 17.6 Å². The van der Waals surface area contributed by atoms with E-state index in [4.69, 9.17) is 10.8 Å². The minimum atomic E-state index is -1.44. The molecule has 56 heavy (non-hydrogen) atoms. The van der Waals surface area contributed by atoms with E-state index in [1.807, 2.05) is 48.5 Å². The molecular weight excluding hydrogens is 724 g/mol. The van der Waals surface area contributed by atoms with E-state index < -0.39 is 96.5 Å². The van der Waals surface area contributed by atoms with Gasteiger partial charge in [-0.3, -0.25) is 28.8 Å². The number of carbonyl (C=O) groups excluding carboxylic acids is 5. The minimum Gasteiger partial charge on any atom is -0.481 e. The molecular formula is C39H50N8O9. The highest BCUT2D eigenvalue weighted by atomic mass is 16.4. The Morgan fingerprint density at radius 1 is 0.679 bits per heavy atom. The van der Waals surface area contributed by atoms with Crippen molar-refractivity contribution in [1.82, 2.24) is 36.6 Å². The maximum Gasteiger partial charge on any atom is 0.326 e. The molecule has 2 aromatic heterocycles. The molecule has 2 heterocycles. The lowest BCUT2D eigenvalue weighted by Crippen LogP contribution is -2.58. The second-order valence-electron chi connectivity index (χ2n) is 14.2. The Balaban J connectivity index is 1.48. The lowest BCUT2D eigenvalue weighted by Gasteiger charge is -2.26. The summed E-state index contributed by atoms with van der Waals surface area (Å²) >= 11 is 0. The van der Waals surface area contributed by atoms with Crippen LogP contribution in [0.15, 0.2) is 60.9 Å². The summed E-state index contributed by atoms with van der Waals surface area (Å²) in [6.07, 6.45) is 3.16. The molecule has 0 aliphatic carbocycles. The molecule has 17 heteroatoms. The second-order valence-corrected chi connectivity index (χ2v) is 14.2. The van der Waals surface area contributed by atoms with Crippen LogP contribution in [0.4, 0.5) is 0 Å². The number of nitrogens with one attached hydrogen (secondary N) is 7. The van der Waals surface area contributed by atoms with Gasteiger partial charge in [0.1, 0.15) is 24.2 Å². The number of hydrogen-bond donors (Lipinski definition) is 10. The van der Waals surface area contributed by atoms with Crippen molar-refractivity contribution < 1.29 is 43.8 Å². The number of fused-ring (bicyclic) bond motifs is 2. The second kappa shape index (κ2) is 19.4. The van der Waals surface area contributed by atoms with Crippen LogP contribution < -0.4 is 32.3 Å². The summed E-state index contributed by atoms with van der Waals surface area (Å²) < 4.78 is 0. The average molecular weight is 775 g/mol. The van der Waals surface area contributed by atoms with Gasteiger partial charge in [0, 0.05) is 47.0 Å². The molecule has 4 rings (SSSR count). The number of hydrogen-bond acceptors (Lipinski definition) is 8. The van der Waals surface area contributed by atoms with Crippen molar-refractivity contribution in [1.29, 1.82) is 0 Å². The number of aromatic amines is 2. The summed E-state index contributed by atoms with van der Waals surface area (Å²) in [5.74, 6) is -7.26. The maximum absolute atomic E-state index is 13.8. The van der Waals surface area contributed by atoms with Gasteiger partial charge in [-0.25, -0.2) is 4.79 Å². The molecule has 0 saturated heterocycles. The molecule has 4 aromatic rings. The van der Waals surface area contributed by atoms with Crippen LogP contribution in [0.3, 0.4) is 0 Å². The first-order valence-electron chi connectivity index (χ1n) is 18.4. The Morgan fingerprint density at radius 2 is 1.18 bits per heavy atom. The van der Waals surface area contributed by atoms with E-state index in [-0.39, 0.29) is 12.8 Å². The quantitative estimate of drug-likeness (QED) is 0.0610. The summed E-state index contributed by atoms with van der Waals surface area (Å²) in [6.45, 7) is 6.23. The smallest absolute Gasteiger partial charge is 0.326 e. The van der Waals surface area contributed by atoms with Gasteiger partial charge in [0.2, 0.25) is 29.5 Å². The fraction of sp³-hybridized carbons (Fsp3) is 0.410. The molecule has 0 saturated carbocycles. The van der Waals surface area contributed by atoms with Gasteiger partial charge in [-0.15, -0.1) is 0 Å². The van der Waals surface area contributed by atoms with E-state index in [9.17, 15) is 38.7 Å². The Labute approximate surface area is 322 Å². The number of benzene rings is 2. The monoisotopic (exact) mass is 774 g/mol. The average Bonchev–Trinajstić information content (AvgIpc) is 3.77. The third kappa shape index (κ3) is 11.2. The number of carbonyl (C=O) groups is 7. The minimum absolute atomic E-state index is 0.00666. The number of aliphatic carboxylic acids is 2. The number of para-hydroxylation sites is 2. The number of carboxylic acids is 2. The zero-order valence-corrected chi connectivity index (χ0v) is 31.7. The van der Waals surface area contributed by atoms with Crippen LogP contribution in [0.5, 0.6) is 0 Å². The Hall–Kier alpha value is -6.23. The first kappa shape index (κ1) is 42.5. The van der Waals surface area contributed by atoms with Crippen LogP contribution in [0.1, 0.15) is 51.7 Å².